The van der Waals surface area contributed by atoms with E-state index in [1.54, 1.807) is 0 Å². The molecule has 3 nitrogen and oxygen atoms in total. The minimum absolute atomic E-state index is 0.496. The second kappa shape index (κ2) is 7.35. The first kappa shape index (κ1) is 15.6. The van der Waals surface area contributed by atoms with Gasteiger partial charge in [-0.25, -0.2) is 0 Å². The van der Waals surface area contributed by atoms with Crippen molar-refractivity contribution in [1.82, 2.24) is 9.88 Å². The maximum Gasteiger partial charge on any atom is 0.119 e. The summed E-state index contributed by atoms with van der Waals surface area (Å²) in [6, 6.07) is 11.4. The predicted molar refractivity (Wildman–Crippen MR) is 96.4 cm³/mol. The Bertz CT molecular complexity index is 671. The molecule has 24 heavy (non-hydrogen) atoms. The van der Waals surface area contributed by atoms with E-state index in [0.29, 0.717) is 6.04 Å². The number of hydrogen-bond donors (Lipinski definition) is 0. The Balaban J connectivity index is 1.35. The van der Waals surface area contributed by atoms with Gasteiger partial charge in [-0.05, 0) is 73.5 Å². The highest BCUT2D eigenvalue weighted by atomic mass is 16.5. The second-order valence-electron chi connectivity index (χ2n) is 6.97. The summed E-state index contributed by atoms with van der Waals surface area (Å²) in [4.78, 5) is 6.86. The zero-order valence-corrected chi connectivity index (χ0v) is 14.3. The monoisotopic (exact) mass is 322 g/mol. The number of piperidine rings is 1. The Hall–Kier alpha value is -1.87. The summed E-state index contributed by atoms with van der Waals surface area (Å²) in [5, 5.41) is 0. The molecule has 3 heteroatoms. The van der Waals surface area contributed by atoms with Crippen LogP contribution in [-0.2, 0) is 12.8 Å². The third-order valence-corrected chi connectivity index (χ3v) is 5.40. The first-order valence-electron chi connectivity index (χ1n) is 9.29. The molecule has 0 saturated carbocycles. The molecule has 2 heterocycles. The standard InChI is InChI=1S/C21H26N2O/c1-2-12-23(21(8-1)19-7-4-11-22-16-19)13-14-24-20-10-9-17-5-3-6-18(17)15-20/h4,7,9-11,15-16,21H,1-3,5-6,8,12-14H2/t21-/m1/s1. The lowest BCUT2D eigenvalue weighted by atomic mass is 9.96. The maximum atomic E-state index is 6.06. The normalized spacial score (nSPS) is 20.8. The number of likely N-dealkylation sites (tertiary alicyclic amines) is 1. The number of aromatic nitrogens is 1. The highest BCUT2D eigenvalue weighted by Gasteiger charge is 2.23. The first-order valence-corrected chi connectivity index (χ1v) is 9.29. The molecule has 1 atom stereocenters. The van der Waals surface area contributed by atoms with Gasteiger partial charge in [0.2, 0.25) is 0 Å². The van der Waals surface area contributed by atoms with Crippen LogP contribution in [0.25, 0.3) is 0 Å². The third-order valence-electron chi connectivity index (χ3n) is 5.40. The molecular weight excluding hydrogens is 296 g/mol. The molecule has 2 aromatic rings. The highest BCUT2D eigenvalue weighted by molar-refractivity contribution is 5.38. The molecule has 0 spiro atoms. The molecule has 0 unspecified atom stereocenters. The van der Waals surface area contributed by atoms with Gasteiger partial charge in [-0.2, -0.15) is 0 Å². The van der Waals surface area contributed by atoms with E-state index in [4.69, 9.17) is 4.74 Å². The second-order valence-corrected chi connectivity index (χ2v) is 6.97. The van der Waals surface area contributed by atoms with Crippen LogP contribution >= 0.6 is 0 Å². The van der Waals surface area contributed by atoms with Crippen LogP contribution in [0.3, 0.4) is 0 Å². The van der Waals surface area contributed by atoms with Gasteiger partial charge in [0.15, 0.2) is 0 Å². The van der Waals surface area contributed by atoms with Gasteiger partial charge in [0, 0.05) is 25.0 Å². The van der Waals surface area contributed by atoms with Crippen molar-refractivity contribution in [2.45, 2.75) is 44.6 Å². The molecular formula is C21H26N2O. The first-order chi connectivity index (χ1) is 11.9. The van der Waals surface area contributed by atoms with Crippen molar-refractivity contribution in [3.63, 3.8) is 0 Å². The average molecular weight is 322 g/mol. The van der Waals surface area contributed by atoms with Crippen LogP contribution in [0.1, 0.15) is 48.4 Å². The van der Waals surface area contributed by atoms with Gasteiger partial charge in [-0.1, -0.05) is 18.6 Å². The number of nitrogens with zero attached hydrogens (tertiary/aromatic N) is 2. The lowest BCUT2D eigenvalue weighted by molar-refractivity contribution is 0.123. The Morgan fingerprint density at radius 1 is 1.08 bits per heavy atom. The lowest BCUT2D eigenvalue weighted by Gasteiger charge is -2.35. The Labute approximate surface area is 144 Å². The molecule has 1 aliphatic carbocycles. The van der Waals surface area contributed by atoms with Crippen molar-refractivity contribution in [3.8, 4) is 5.75 Å². The van der Waals surface area contributed by atoms with Gasteiger partial charge >= 0.3 is 0 Å². The van der Waals surface area contributed by atoms with Crippen molar-refractivity contribution >= 4 is 0 Å². The van der Waals surface area contributed by atoms with Gasteiger partial charge in [-0.15, -0.1) is 0 Å². The number of aryl methyl sites for hydroxylation is 2. The summed E-state index contributed by atoms with van der Waals surface area (Å²) >= 11 is 0. The van der Waals surface area contributed by atoms with Crippen molar-refractivity contribution in [3.05, 3.63) is 59.4 Å². The van der Waals surface area contributed by atoms with Gasteiger partial charge in [0.25, 0.3) is 0 Å². The summed E-state index contributed by atoms with van der Waals surface area (Å²) < 4.78 is 6.06. The zero-order chi connectivity index (χ0) is 16.2. The van der Waals surface area contributed by atoms with Crippen molar-refractivity contribution in [2.75, 3.05) is 19.7 Å². The molecule has 0 bridgehead atoms. The van der Waals surface area contributed by atoms with Gasteiger partial charge in [0.1, 0.15) is 12.4 Å². The average Bonchev–Trinajstić information content (AvgIpc) is 3.11. The minimum Gasteiger partial charge on any atom is -0.492 e. The number of benzene rings is 1. The van der Waals surface area contributed by atoms with Gasteiger partial charge < -0.3 is 4.74 Å². The van der Waals surface area contributed by atoms with E-state index in [9.17, 15) is 0 Å². The molecule has 0 amide bonds. The number of hydrogen-bond acceptors (Lipinski definition) is 3. The highest BCUT2D eigenvalue weighted by Crippen LogP contribution is 2.30. The SMILES string of the molecule is c1cncc([C@H]2CCCCN2CCOc2ccc3c(c2)CCC3)c1. The summed E-state index contributed by atoms with van der Waals surface area (Å²) in [7, 11) is 0. The van der Waals surface area contributed by atoms with E-state index in [0.717, 1.165) is 25.4 Å². The fourth-order valence-corrected chi connectivity index (χ4v) is 4.13. The summed E-state index contributed by atoms with van der Waals surface area (Å²) in [5.74, 6) is 1.03. The Kier molecular flexibility index (Phi) is 4.79. The minimum atomic E-state index is 0.496. The molecule has 4 rings (SSSR count). The van der Waals surface area contributed by atoms with Gasteiger partial charge in [-0.3, -0.25) is 9.88 Å². The van der Waals surface area contributed by atoms with Crippen LogP contribution in [0.5, 0.6) is 5.75 Å². The summed E-state index contributed by atoms with van der Waals surface area (Å²) in [6.07, 6.45) is 11.4. The molecule has 1 aromatic carbocycles. The number of fused-ring (bicyclic) bond motifs is 1. The summed E-state index contributed by atoms with van der Waals surface area (Å²) in [6.45, 7) is 2.90. The third kappa shape index (κ3) is 3.46. The molecule has 0 N–H and O–H groups in total. The Morgan fingerprint density at radius 2 is 2.04 bits per heavy atom. The van der Waals surface area contributed by atoms with Gasteiger partial charge in [0.05, 0.1) is 0 Å². The van der Waals surface area contributed by atoms with E-state index < -0.39 is 0 Å². The van der Waals surface area contributed by atoms with Crippen molar-refractivity contribution in [2.24, 2.45) is 0 Å². The lowest BCUT2D eigenvalue weighted by Crippen LogP contribution is -2.36. The molecule has 1 aromatic heterocycles. The van der Waals surface area contributed by atoms with Crippen LogP contribution < -0.4 is 4.74 Å². The number of rotatable bonds is 5. The van der Waals surface area contributed by atoms with E-state index in [1.807, 2.05) is 18.5 Å². The number of ether oxygens (including phenoxy) is 1. The van der Waals surface area contributed by atoms with Crippen LogP contribution in [0.15, 0.2) is 42.7 Å². The predicted octanol–water partition coefficient (Wildman–Crippen LogP) is 4.18. The molecule has 126 valence electrons. The largest absolute Gasteiger partial charge is 0.492 e. The van der Waals surface area contributed by atoms with E-state index in [2.05, 4.69) is 34.1 Å². The fourth-order valence-electron chi connectivity index (χ4n) is 4.13. The van der Waals surface area contributed by atoms with E-state index in [1.165, 1.54) is 55.2 Å². The van der Waals surface area contributed by atoms with Crippen LogP contribution in [0.2, 0.25) is 0 Å². The smallest absolute Gasteiger partial charge is 0.119 e. The molecule has 2 aliphatic rings. The van der Waals surface area contributed by atoms with E-state index >= 15 is 0 Å². The molecule has 0 radical (unpaired) electrons. The topological polar surface area (TPSA) is 25.4 Å². The van der Waals surface area contributed by atoms with Crippen LogP contribution in [-0.4, -0.2) is 29.6 Å². The van der Waals surface area contributed by atoms with Crippen molar-refractivity contribution < 1.29 is 4.74 Å². The maximum absolute atomic E-state index is 6.06. The van der Waals surface area contributed by atoms with Crippen LogP contribution in [0, 0.1) is 0 Å². The molecule has 1 fully saturated rings. The van der Waals surface area contributed by atoms with E-state index in [-0.39, 0.29) is 0 Å². The summed E-state index contributed by atoms with van der Waals surface area (Å²) in [5.41, 5.74) is 4.34. The fraction of sp³-hybridized carbons (Fsp3) is 0.476. The molecule has 1 aliphatic heterocycles. The van der Waals surface area contributed by atoms with Crippen molar-refractivity contribution in [1.29, 1.82) is 0 Å². The van der Waals surface area contributed by atoms with Crippen LogP contribution in [0.4, 0.5) is 0 Å². The quantitative estimate of drug-likeness (QED) is 0.826. The molecule has 1 saturated heterocycles. The number of pyridine rings is 1. The Morgan fingerprint density at radius 3 is 2.96 bits per heavy atom. The zero-order valence-electron chi connectivity index (χ0n) is 14.3.